The van der Waals surface area contributed by atoms with Crippen LogP contribution in [0.2, 0.25) is 0 Å². The Morgan fingerprint density at radius 1 is 1.23 bits per heavy atom. The van der Waals surface area contributed by atoms with Crippen LogP contribution >= 0.6 is 0 Å². The zero-order valence-electron chi connectivity index (χ0n) is 14.4. The van der Waals surface area contributed by atoms with E-state index in [-0.39, 0.29) is 30.6 Å². The summed E-state index contributed by atoms with van der Waals surface area (Å²) in [5.41, 5.74) is 0.216. The first-order chi connectivity index (χ1) is 12.1. The molecule has 0 radical (unpaired) electrons. The van der Waals surface area contributed by atoms with Gasteiger partial charge in [0, 0.05) is 11.1 Å². The Labute approximate surface area is 152 Å². The summed E-state index contributed by atoms with van der Waals surface area (Å²) < 4.78 is 56.3. The minimum Gasteiger partial charge on any atom is -0.293 e. The average molecular weight is 404 g/mol. The van der Waals surface area contributed by atoms with Gasteiger partial charge in [0.2, 0.25) is 0 Å². The molecule has 0 spiro atoms. The summed E-state index contributed by atoms with van der Waals surface area (Å²) in [7, 11) is -6.96. The molecule has 26 heavy (non-hydrogen) atoms. The summed E-state index contributed by atoms with van der Waals surface area (Å²) in [4.78, 5) is 24.8. The number of ketones is 2. The van der Waals surface area contributed by atoms with Crippen molar-refractivity contribution in [1.82, 2.24) is 0 Å². The van der Waals surface area contributed by atoms with Gasteiger partial charge in [-0.05, 0) is 12.8 Å². The Kier molecular flexibility index (Phi) is 6.33. The predicted molar refractivity (Wildman–Crippen MR) is 93.0 cm³/mol. The van der Waals surface area contributed by atoms with Crippen molar-refractivity contribution < 1.29 is 34.8 Å². The maximum absolute atomic E-state index is 12.5. The molecule has 1 aromatic rings. The number of hydrogen-bond acceptors (Lipinski definition) is 8. The third-order valence-electron chi connectivity index (χ3n) is 4.15. The fourth-order valence-corrected chi connectivity index (χ4v) is 5.15. The molecule has 144 valence electrons. The molecule has 0 saturated carbocycles. The molecule has 1 aliphatic heterocycles. The van der Waals surface area contributed by atoms with E-state index in [2.05, 4.69) is 8.37 Å². The summed E-state index contributed by atoms with van der Waals surface area (Å²) in [5.74, 6) is -1.25. The smallest absolute Gasteiger partial charge is 0.277 e. The third-order valence-corrected chi connectivity index (χ3v) is 7.40. The topological polar surface area (TPSA) is 121 Å². The van der Waals surface area contributed by atoms with Crippen LogP contribution in [0.3, 0.4) is 0 Å². The Balaban J connectivity index is 2.26. The molecule has 1 aliphatic rings. The van der Waals surface area contributed by atoms with Crippen molar-refractivity contribution >= 4 is 31.8 Å². The van der Waals surface area contributed by atoms with Crippen molar-refractivity contribution in [2.45, 2.75) is 36.7 Å². The lowest BCUT2D eigenvalue weighted by molar-refractivity contribution is 0.0970. The van der Waals surface area contributed by atoms with E-state index < -0.39 is 42.3 Å². The van der Waals surface area contributed by atoms with Gasteiger partial charge in [-0.25, -0.2) is 0 Å². The molecular formula is C16H20O8S2. The van der Waals surface area contributed by atoms with E-state index in [1.54, 1.807) is 6.92 Å². The second-order valence-corrected chi connectivity index (χ2v) is 9.51. The Hall–Kier alpha value is -1.62. The van der Waals surface area contributed by atoms with Crippen molar-refractivity contribution in [3.63, 3.8) is 0 Å². The number of Topliss-reactive ketones (excluding diaryl/α,β-unsaturated/α-hetero) is 2. The van der Waals surface area contributed by atoms with Crippen molar-refractivity contribution in [2.75, 3.05) is 13.7 Å². The van der Waals surface area contributed by atoms with Gasteiger partial charge in [-0.1, -0.05) is 37.6 Å². The highest BCUT2D eigenvalue weighted by molar-refractivity contribution is 7.88. The molecule has 2 unspecified atom stereocenters. The van der Waals surface area contributed by atoms with Gasteiger partial charge in [-0.15, -0.1) is 0 Å². The molecule has 1 fully saturated rings. The lowest BCUT2D eigenvalue weighted by atomic mass is 10.0. The molecule has 0 bridgehead atoms. The molecule has 0 N–H and O–H groups in total. The minimum atomic E-state index is -4.04. The van der Waals surface area contributed by atoms with Crippen LogP contribution in [0.4, 0.5) is 0 Å². The van der Waals surface area contributed by atoms with E-state index in [0.717, 1.165) is 7.11 Å². The van der Waals surface area contributed by atoms with E-state index in [1.807, 2.05) is 0 Å². The number of benzene rings is 1. The van der Waals surface area contributed by atoms with Gasteiger partial charge in [0.05, 0.1) is 13.7 Å². The molecule has 1 heterocycles. The summed E-state index contributed by atoms with van der Waals surface area (Å²) in [6, 6.07) is 5.25. The second kappa shape index (κ2) is 7.95. The van der Waals surface area contributed by atoms with E-state index >= 15 is 0 Å². The molecule has 2 rings (SSSR count). The first kappa shape index (κ1) is 20.7. The summed E-state index contributed by atoms with van der Waals surface area (Å²) in [6.45, 7) is 1.71. The normalized spacial score (nSPS) is 20.6. The number of hydrogen-bond donors (Lipinski definition) is 0. The van der Waals surface area contributed by atoms with Gasteiger partial charge < -0.3 is 0 Å². The highest BCUT2D eigenvalue weighted by Crippen LogP contribution is 2.23. The standard InChI is InChI=1S/C16H20O8S2/c1-3-4-13(25(19,20)23-2)15(17)11-5-7-12(8-6-11)16(18)14-9-10-24-26(14,21)22/h5-8,13-14H,3-4,9-10H2,1-2H3. The molecule has 8 nitrogen and oxygen atoms in total. The Morgan fingerprint density at radius 3 is 2.27 bits per heavy atom. The van der Waals surface area contributed by atoms with Crippen molar-refractivity contribution in [3.8, 4) is 0 Å². The third kappa shape index (κ3) is 4.20. The van der Waals surface area contributed by atoms with Gasteiger partial charge in [0.25, 0.3) is 20.2 Å². The lowest BCUT2D eigenvalue weighted by Crippen LogP contribution is -2.31. The fraction of sp³-hybridized carbons (Fsp3) is 0.500. The van der Waals surface area contributed by atoms with Gasteiger partial charge in [0.15, 0.2) is 16.8 Å². The van der Waals surface area contributed by atoms with Crippen LogP contribution in [0.25, 0.3) is 0 Å². The zero-order chi connectivity index (χ0) is 19.5. The van der Waals surface area contributed by atoms with Crippen molar-refractivity contribution in [1.29, 1.82) is 0 Å². The van der Waals surface area contributed by atoms with Crippen molar-refractivity contribution in [3.05, 3.63) is 35.4 Å². The fourth-order valence-electron chi connectivity index (χ4n) is 2.72. The molecule has 0 aliphatic carbocycles. The first-order valence-electron chi connectivity index (χ1n) is 8.00. The van der Waals surface area contributed by atoms with Gasteiger partial charge in [-0.3, -0.25) is 18.0 Å². The molecular weight excluding hydrogens is 384 g/mol. The van der Waals surface area contributed by atoms with Crippen LogP contribution in [-0.2, 0) is 28.6 Å². The molecule has 0 amide bonds. The average Bonchev–Trinajstić information content (AvgIpc) is 2.97. The highest BCUT2D eigenvalue weighted by Gasteiger charge is 2.39. The molecule has 10 heteroatoms. The number of carbonyl (C=O) groups is 2. The highest BCUT2D eigenvalue weighted by atomic mass is 32.2. The SMILES string of the molecule is CCCC(C(=O)c1ccc(C(=O)C2CCOS2(=O)=O)cc1)S(=O)(=O)OC. The van der Waals surface area contributed by atoms with Gasteiger partial charge in [0.1, 0.15) is 5.25 Å². The van der Waals surface area contributed by atoms with Gasteiger partial charge >= 0.3 is 0 Å². The van der Waals surface area contributed by atoms with Crippen LogP contribution in [-0.4, -0.2) is 52.6 Å². The van der Waals surface area contributed by atoms with Crippen LogP contribution < -0.4 is 0 Å². The Bertz CT molecular complexity index is 885. The van der Waals surface area contributed by atoms with E-state index in [4.69, 9.17) is 0 Å². The van der Waals surface area contributed by atoms with Crippen LogP contribution in [0.5, 0.6) is 0 Å². The lowest BCUT2D eigenvalue weighted by Gasteiger charge is -2.14. The van der Waals surface area contributed by atoms with Crippen LogP contribution in [0.15, 0.2) is 24.3 Å². The molecule has 1 saturated heterocycles. The Morgan fingerprint density at radius 2 is 1.81 bits per heavy atom. The minimum absolute atomic E-state index is 0.0388. The molecule has 1 aromatic carbocycles. The number of rotatable bonds is 8. The van der Waals surface area contributed by atoms with E-state index in [1.165, 1.54) is 24.3 Å². The predicted octanol–water partition coefficient (Wildman–Crippen LogP) is 1.32. The maximum Gasteiger partial charge on any atom is 0.277 e. The first-order valence-corrected chi connectivity index (χ1v) is 10.9. The molecule has 0 aromatic heterocycles. The second-order valence-electron chi connectivity index (χ2n) is 5.83. The van der Waals surface area contributed by atoms with Crippen LogP contribution in [0, 0.1) is 0 Å². The number of carbonyl (C=O) groups excluding carboxylic acids is 2. The van der Waals surface area contributed by atoms with E-state index in [9.17, 15) is 26.4 Å². The monoisotopic (exact) mass is 404 g/mol. The van der Waals surface area contributed by atoms with Crippen LogP contribution in [0.1, 0.15) is 46.9 Å². The summed E-state index contributed by atoms with van der Waals surface area (Å²) in [6.07, 6.45) is 0.648. The van der Waals surface area contributed by atoms with E-state index in [0.29, 0.717) is 6.42 Å². The summed E-state index contributed by atoms with van der Waals surface area (Å²) >= 11 is 0. The summed E-state index contributed by atoms with van der Waals surface area (Å²) in [5, 5.41) is -2.59. The zero-order valence-corrected chi connectivity index (χ0v) is 16.0. The van der Waals surface area contributed by atoms with Crippen molar-refractivity contribution in [2.24, 2.45) is 0 Å². The quantitative estimate of drug-likeness (QED) is 0.470. The molecule has 2 atom stereocenters. The van der Waals surface area contributed by atoms with Gasteiger partial charge in [-0.2, -0.15) is 16.8 Å². The maximum atomic E-state index is 12.5. The largest absolute Gasteiger partial charge is 0.293 e.